The average Bonchev–Trinajstić information content (AvgIpc) is 2.17. The molecule has 0 aliphatic heterocycles. The lowest BCUT2D eigenvalue weighted by Gasteiger charge is -2.11. The van der Waals surface area contributed by atoms with Crippen molar-refractivity contribution in [2.45, 2.75) is 12.8 Å². The molecule has 1 aromatic carbocycles. The van der Waals surface area contributed by atoms with Crippen LogP contribution < -0.4 is 4.74 Å². The zero-order chi connectivity index (χ0) is 11.3. The Balaban J connectivity index is 2.62. The minimum Gasteiger partial charge on any atom is -0.496 e. The number of rotatable bonds is 5. The summed E-state index contributed by atoms with van der Waals surface area (Å²) in [6, 6.07) is 6.33. The summed E-state index contributed by atoms with van der Waals surface area (Å²) >= 11 is 2.34. The second-order valence-corrected chi connectivity index (χ2v) is 5.11. The zero-order valence-corrected chi connectivity index (χ0v) is 11.7. The lowest BCUT2D eigenvalue weighted by molar-refractivity contribution is 0.391. The standard InChI is InChI=1S/C12H18INO/c1-14(2)8-4-5-10-9-11(13)6-7-12(10)15-3/h6-7,9H,4-5,8H2,1-3H3. The largest absolute Gasteiger partial charge is 0.496 e. The first-order valence-corrected chi connectivity index (χ1v) is 6.18. The van der Waals surface area contributed by atoms with Crippen LogP contribution in [0.3, 0.4) is 0 Å². The molecule has 15 heavy (non-hydrogen) atoms. The van der Waals surface area contributed by atoms with Gasteiger partial charge in [0.1, 0.15) is 5.75 Å². The molecule has 84 valence electrons. The second kappa shape index (κ2) is 6.33. The fraction of sp³-hybridized carbons (Fsp3) is 0.500. The van der Waals surface area contributed by atoms with Gasteiger partial charge in [-0.1, -0.05) is 0 Å². The Hall–Kier alpha value is -0.290. The summed E-state index contributed by atoms with van der Waals surface area (Å²) < 4.78 is 6.61. The van der Waals surface area contributed by atoms with Crippen LogP contribution in [0.5, 0.6) is 5.75 Å². The van der Waals surface area contributed by atoms with Crippen molar-refractivity contribution >= 4 is 22.6 Å². The van der Waals surface area contributed by atoms with Gasteiger partial charge in [0.05, 0.1) is 7.11 Å². The molecule has 0 aromatic heterocycles. The van der Waals surface area contributed by atoms with Crippen LogP contribution in [0.25, 0.3) is 0 Å². The molecule has 0 heterocycles. The van der Waals surface area contributed by atoms with Crippen molar-refractivity contribution in [1.82, 2.24) is 4.90 Å². The smallest absolute Gasteiger partial charge is 0.122 e. The van der Waals surface area contributed by atoms with Gasteiger partial charge in [0.15, 0.2) is 0 Å². The maximum atomic E-state index is 5.34. The van der Waals surface area contributed by atoms with E-state index in [0.717, 1.165) is 18.7 Å². The lowest BCUT2D eigenvalue weighted by atomic mass is 10.1. The molecule has 0 amide bonds. The zero-order valence-electron chi connectivity index (χ0n) is 9.59. The van der Waals surface area contributed by atoms with E-state index >= 15 is 0 Å². The molecule has 3 heteroatoms. The molecular weight excluding hydrogens is 301 g/mol. The van der Waals surface area contributed by atoms with Crippen molar-refractivity contribution in [3.8, 4) is 5.75 Å². The SMILES string of the molecule is COc1ccc(I)cc1CCCN(C)C. The first-order valence-electron chi connectivity index (χ1n) is 5.10. The predicted molar refractivity (Wildman–Crippen MR) is 72.6 cm³/mol. The highest BCUT2D eigenvalue weighted by Gasteiger charge is 2.03. The van der Waals surface area contributed by atoms with E-state index in [0.29, 0.717) is 0 Å². The van der Waals surface area contributed by atoms with Crippen molar-refractivity contribution < 1.29 is 4.74 Å². The highest BCUT2D eigenvalue weighted by Crippen LogP contribution is 2.22. The van der Waals surface area contributed by atoms with E-state index in [-0.39, 0.29) is 0 Å². The molecule has 1 rings (SSSR count). The highest BCUT2D eigenvalue weighted by molar-refractivity contribution is 14.1. The predicted octanol–water partition coefficient (Wildman–Crippen LogP) is 2.79. The number of methoxy groups -OCH3 is 1. The maximum Gasteiger partial charge on any atom is 0.122 e. The van der Waals surface area contributed by atoms with Gasteiger partial charge in [0.2, 0.25) is 0 Å². The van der Waals surface area contributed by atoms with E-state index in [1.807, 2.05) is 6.07 Å². The Morgan fingerprint density at radius 2 is 2.07 bits per heavy atom. The number of halogens is 1. The van der Waals surface area contributed by atoms with E-state index in [9.17, 15) is 0 Å². The number of ether oxygens (including phenoxy) is 1. The third-order valence-corrected chi connectivity index (χ3v) is 2.96. The van der Waals surface area contributed by atoms with Crippen LogP contribution in [0.2, 0.25) is 0 Å². The van der Waals surface area contributed by atoms with Gasteiger partial charge >= 0.3 is 0 Å². The van der Waals surface area contributed by atoms with Crippen LogP contribution in [0.1, 0.15) is 12.0 Å². The van der Waals surface area contributed by atoms with Crippen molar-refractivity contribution in [2.75, 3.05) is 27.7 Å². The summed E-state index contributed by atoms with van der Waals surface area (Å²) in [4.78, 5) is 2.21. The van der Waals surface area contributed by atoms with Gasteiger partial charge in [-0.2, -0.15) is 0 Å². The Labute approximate surface area is 106 Å². The third-order valence-electron chi connectivity index (χ3n) is 2.29. The van der Waals surface area contributed by atoms with Gasteiger partial charge < -0.3 is 9.64 Å². The molecule has 0 spiro atoms. The van der Waals surface area contributed by atoms with Crippen molar-refractivity contribution in [3.63, 3.8) is 0 Å². The molecule has 0 unspecified atom stereocenters. The number of benzene rings is 1. The molecule has 0 saturated heterocycles. The van der Waals surface area contributed by atoms with Crippen molar-refractivity contribution in [3.05, 3.63) is 27.3 Å². The molecule has 2 nitrogen and oxygen atoms in total. The summed E-state index contributed by atoms with van der Waals surface area (Å²) in [6.45, 7) is 1.12. The molecule has 0 bridgehead atoms. The van der Waals surface area contributed by atoms with E-state index in [1.165, 1.54) is 15.6 Å². The molecule has 0 atom stereocenters. The van der Waals surface area contributed by atoms with Crippen molar-refractivity contribution in [1.29, 1.82) is 0 Å². The van der Waals surface area contributed by atoms with E-state index in [1.54, 1.807) is 7.11 Å². The fourth-order valence-electron chi connectivity index (χ4n) is 1.53. The van der Waals surface area contributed by atoms with Gasteiger partial charge in [-0.05, 0) is 79.8 Å². The lowest BCUT2D eigenvalue weighted by Crippen LogP contribution is -2.13. The summed E-state index contributed by atoms with van der Waals surface area (Å²) in [5, 5.41) is 0. The monoisotopic (exact) mass is 319 g/mol. The molecule has 1 aromatic rings. The van der Waals surface area contributed by atoms with Crippen LogP contribution in [-0.2, 0) is 6.42 Å². The topological polar surface area (TPSA) is 12.5 Å². The highest BCUT2D eigenvalue weighted by atomic mass is 127. The van der Waals surface area contributed by atoms with Crippen LogP contribution in [0.4, 0.5) is 0 Å². The Morgan fingerprint density at radius 3 is 2.67 bits per heavy atom. The normalized spacial score (nSPS) is 10.7. The molecule has 0 N–H and O–H groups in total. The molecular formula is C12H18INO. The third kappa shape index (κ3) is 4.38. The number of aryl methyl sites for hydroxylation is 1. The number of hydrogen-bond donors (Lipinski definition) is 0. The fourth-order valence-corrected chi connectivity index (χ4v) is 2.08. The number of hydrogen-bond acceptors (Lipinski definition) is 2. The molecule has 0 fully saturated rings. The Morgan fingerprint density at radius 1 is 1.33 bits per heavy atom. The first-order chi connectivity index (χ1) is 7.13. The summed E-state index contributed by atoms with van der Waals surface area (Å²) in [5.74, 6) is 1.01. The van der Waals surface area contributed by atoms with Gasteiger partial charge in [-0.15, -0.1) is 0 Å². The Bertz CT molecular complexity index is 312. The molecule has 0 radical (unpaired) electrons. The minimum absolute atomic E-state index is 1.01. The van der Waals surface area contributed by atoms with Crippen LogP contribution in [0.15, 0.2) is 18.2 Å². The van der Waals surface area contributed by atoms with Gasteiger partial charge in [0, 0.05) is 3.57 Å². The summed E-state index contributed by atoms with van der Waals surface area (Å²) in [5.41, 5.74) is 1.31. The Kier molecular flexibility index (Phi) is 5.39. The van der Waals surface area contributed by atoms with Gasteiger partial charge in [-0.3, -0.25) is 0 Å². The first kappa shape index (κ1) is 12.8. The number of nitrogens with zero attached hydrogens (tertiary/aromatic N) is 1. The van der Waals surface area contributed by atoms with E-state index < -0.39 is 0 Å². The van der Waals surface area contributed by atoms with Crippen LogP contribution >= 0.6 is 22.6 Å². The maximum absolute atomic E-state index is 5.34. The summed E-state index contributed by atoms with van der Waals surface area (Å²) in [7, 11) is 5.94. The summed E-state index contributed by atoms with van der Waals surface area (Å²) in [6.07, 6.45) is 2.25. The van der Waals surface area contributed by atoms with E-state index in [4.69, 9.17) is 4.74 Å². The van der Waals surface area contributed by atoms with Crippen LogP contribution in [-0.4, -0.2) is 32.6 Å². The second-order valence-electron chi connectivity index (χ2n) is 3.86. The minimum atomic E-state index is 1.01. The van der Waals surface area contributed by atoms with Crippen LogP contribution in [0, 0.1) is 3.57 Å². The molecule has 0 saturated carbocycles. The quantitative estimate of drug-likeness (QED) is 0.774. The molecule has 0 aliphatic carbocycles. The van der Waals surface area contributed by atoms with Crippen molar-refractivity contribution in [2.24, 2.45) is 0 Å². The molecule has 0 aliphatic rings. The average molecular weight is 319 g/mol. The van der Waals surface area contributed by atoms with Gasteiger partial charge in [0.25, 0.3) is 0 Å². The van der Waals surface area contributed by atoms with E-state index in [2.05, 4.69) is 53.7 Å². The van der Waals surface area contributed by atoms with Gasteiger partial charge in [-0.25, -0.2) is 0 Å².